The topological polar surface area (TPSA) is 99.0 Å². The molecule has 134 valence electrons. The van der Waals surface area contributed by atoms with Gasteiger partial charge in [0.15, 0.2) is 0 Å². The third-order valence-electron chi connectivity index (χ3n) is 4.62. The van der Waals surface area contributed by atoms with Gasteiger partial charge >= 0.3 is 6.16 Å². The number of carbonyl (C=O) groups is 2. The Balaban J connectivity index is 1.41. The highest BCUT2D eigenvalue weighted by Crippen LogP contribution is 2.33. The molecule has 0 atom stereocenters. The van der Waals surface area contributed by atoms with Gasteiger partial charge in [0, 0.05) is 31.1 Å². The quantitative estimate of drug-likeness (QED) is 0.359. The average molecular weight is 348 g/mol. The molecule has 8 nitrogen and oxygen atoms in total. The molecule has 1 heterocycles. The van der Waals surface area contributed by atoms with Gasteiger partial charge in [-0.15, -0.1) is 0 Å². The van der Waals surface area contributed by atoms with Crippen LogP contribution in [0.2, 0.25) is 0 Å². The van der Waals surface area contributed by atoms with Crippen LogP contribution < -0.4 is 4.74 Å². The summed E-state index contributed by atoms with van der Waals surface area (Å²) in [6.07, 6.45) is 3.15. The zero-order chi connectivity index (χ0) is 17.8. The predicted molar refractivity (Wildman–Crippen MR) is 87.1 cm³/mol. The molecule has 1 aliphatic carbocycles. The van der Waals surface area contributed by atoms with Crippen LogP contribution in [0.25, 0.3) is 0 Å². The molecule has 0 bridgehead atoms. The Labute approximate surface area is 144 Å². The number of likely N-dealkylation sites (tertiary alicyclic amines) is 1. The van der Waals surface area contributed by atoms with E-state index in [-0.39, 0.29) is 29.4 Å². The summed E-state index contributed by atoms with van der Waals surface area (Å²) in [6, 6.07) is 5.17. The van der Waals surface area contributed by atoms with Crippen LogP contribution in [0, 0.1) is 16.0 Å². The standard InChI is InChI=1S/C17H20N2O6/c20-16(18-8-2-1-3-9-18)12-10-15(11-12)25-17(21)24-14-6-4-13(5-7-14)19(22)23/h4-7,12,15H,1-3,8-11H2. The Hall–Kier alpha value is -2.64. The van der Waals surface area contributed by atoms with E-state index in [2.05, 4.69) is 0 Å². The van der Waals surface area contributed by atoms with Gasteiger partial charge in [-0.25, -0.2) is 4.79 Å². The predicted octanol–water partition coefficient (Wildman–Crippen LogP) is 2.90. The van der Waals surface area contributed by atoms with Crippen LogP contribution in [0.15, 0.2) is 24.3 Å². The van der Waals surface area contributed by atoms with Crippen LogP contribution in [-0.2, 0) is 9.53 Å². The number of non-ortho nitro benzene ring substituents is 1. The van der Waals surface area contributed by atoms with Gasteiger partial charge in [0.1, 0.15) is 11.9 Å². The molecule has 1 saturated carbocycles. The molecule has 1 saturated heterocycles. The van der Waals surface area contributed by atoms with Crippen molar-refractivity contribution in [2.24, 2.45) is 5.92 Å². The van der Waals surface area contributed by atoms with Crippen LogP contribution in [-0.4, -0.2) is 41.1 Å². The molecule has 2 aliphatic rings. The molecule has 0 spiro atoms. The fourth-order valence-electron chi connectivity index (χ4n) is 3.13. The van der Waals surface area contributed by atoms with Crippen molar-refractivity contribution in [3.8, 4) is 5.75 Å². The first-order valence-electron chi connectivity index (χ1n) is 8.44. The van der Waals surface area contributed by atoms with Gasteiger partial charge < -0.3 is 14.4 Å². The molecule has 1 aromatic rings. The van der Waals surface area contributed by atoms with Crippen LogP contribution in [0.3, 0.4) is 0 Å². The van der Waals surface area contributed by atoms with Gasteiger partial charge in [0.25, 0.3) is 5.69 Å². The van der Waals surface area contributed by atoms with Crippen LogP contribution in [0.4, 0.5) is 10.5 Å². The zero-order valence-electron chi connectivity index (χ0n) is 13.8. The van der Waals surface area contributed by atoms with Crippen molar-refractivity contribution in [3.63, 3.8) is 0 Å². The summed E-state index contributed by atoms with van der Waals surface area (Å²) < 4.78 is 10.2. The van der Waals surface area contributed by atoms with Crippen molar-refractivity contribution < 1.29 is 24.0 Å². The number of benzene rings is 1. The normalized spacial score (nSPS) is 22.6. The highest BCUT2D eigenvalue weighted by atomic mass is 16.7. The summed E-state index contributed by atoms with van der Waals surface area (Å²) in [4.78, 5) is 36.0. The maximum Gasteiger partial charge on any atom is 0.514 e. The summed E-state index contributed by atoms with van der Waals surface area (Å²) in [5.74, 6) is 0.259. The number of hydrogen-bond acceptors (Lipinski definition) is 6. The lowest BCUT2D eigenvalue weighted by atomic mass is 9.81. The molecule has 0 radical (unpaired) electrons. The van der Waals surface area contributed by atoms with Crippen molar-refractivity contribution in [1.82, 2.24) is 4.90 Å². The van der Waals surface area contributed by atoms with E-state index in [0.717, 1.165) is 25.9 Å². The number of nitro groups is 1. The highest BCUT2D eigenvalue weighted by Gasteiger charge is 2.39. The van der Waals surface area contributed by atoms with E-state index < -0.39 is 11.1 Å². The molecular formula is C17H20N2O6. The second-order valence-electron chi connectivity index (χ2n) is 6.40. The number of nitro benzene ring substituents is 1. The Morgan fingerprint density at radius 2 is 1.72 bits per heavy atom. The molecule has 0 unspecified atom stereocenters. The fraction of sp³-hybridized carbons (Fsp3) is 0.529. The summed E-state index contributed by atoms with van der Waals surface area (Å²) in [6.45, 7) is 1.64. The van der Waals surface area contributed by atoms with Gasteiger partial charge in [0.2, 0.25) is 5.91 Å². The molecule has 1 aliphatic heterocycles. The number of rotatable bonds is 4. The van der Waals surface area contributed by atoms with E-state index in [1.807, 2.05) is 4.90 Å². The van der Waals surface area contributed by atoms with Gasteiger partial charge in [0.05, 0.1) is 4.92 Å². The highest BCUT2D eigenvalue weighted by molar-refractivity contribution is 5.80. The van der Waals surface area contributed by atoms with E-state index in [1.54, 1.807) is 0 Å². The van der Waals surface area contributed by atoms with Crippen molar-refractivity contribution in [3.05, 3.63) is 34.4 Å². The minimum absolute atomic E-state index is 0.0738. The van der Waals surface area contributed by atoms with Gasteiger partial charge in [-0.05, 0) is 44.2 Å². The average Bonchev–Trinajstić information content (AvgIpc) is 2.58. The van der Waals surface area contributed by atoms with Gasteiger partial charge in [-0.1, -0.05) is 0 Å². The van der Waals surface area contributed by atoms with Crippen molar-refractivity contribution in [2.75, 3.05) is 13.1 Å². The second kappa shape index (κ2) is 7.50. The van der Waals surface area contributed by atoms with E-state index in [0.29, 0.717) is 12.8 Å². The Morgan fingerprint density at radius 3 is 2.32 bits per heavy atom. The smallest absolute Gasteiger partial charge is 0.431 e. The van der Waals surface area contributed by atoms with E-state index >= 15 is 0 Å². The second-order valence-corrected chi connectivity index (χ2v) is 6.40. The third-order valence-corrected chi connectivity index (χ3v) is 4.62. The molecular weight excluding hydrogens is 328 g/mol. The van der Waals surface area contributed by atoms with E-state index in [9.17, 15) is 19.7 Å². The lowest BCUT2D eigenvalue weighted by Gasteiger charge is -2.37. The molecule has 2 fully saturated rings. The minimum Gasteiger partial charge on any atom is -0.431 e. The summed E-state index contributed by atoms with van der Waals surface area (Å²) in [7, 11) is 0. The van der Waals surface area contributed by atoms with E-state index in [1.165, 1.54) is 30.7 Å². The summed E-state index contributed by atoms with van der Waals surface area (Å²) in [5.41, 5.74) is -0.0845. The number of ether oxygens (including phenoxy) is 2. The zero-order valence-corrected chi connectivity index (χ0v) is 13.8. The Bertz CT molecular complexity index is 648. The lowest BCUT2D eigenvalue weighted by Crippen LogP contribution is -2.46. The number of amides is 1. The van der Waals surface area contributed by atoms with Crippen LogP contribution in [0.1, 0.15) is 32.1 Å². The number of nitrogens with zero attached hydrogens (tertiary/aromatic N) is 2. The Morgan fingerprint density at radius 1 is 1.08 bits per heavy atom. The minimum atomic E-state index is -0.859. The van der Waals surface area contributed by atoms with Gasteiger partial charge in [-0.3, -0.25) is 14.9 Å². The fourth-order valence-corrected chi connectivity index (χ4v) is 3.13. The lowest BCUT2D eigenvalue weighted by molar-refractivity contribution is -0.384. The number of carbonyl (C=O) groups excluding carboxylic acids is 2. The van der Waals surface area contributed by atoms with E-state index in [4.69, 9.17) is 9.47 Å². The Kier molecular flexibility index (Phi) is 5.16. The molecule has 1 amide bonds. The largest absolute Gasteiger partial charge is 0.514 e. The molecule has 8 heteroatoms. The maximum absolute atomic E-state index is 12.3. The van der Waals surface area contributed by atoms with Gasteiger partial charge in [-0.2, -0.15) is 0 Å². The molecule has 0 N–H and O–H groups in total. The molecule has 0 aromatic heterocycles. The maximum atomic E-state index is 12.3. The van der Waals surface area contributed by atoms with Crippen molar-refractivity contribution in [1.29, 1.82) is 0 Å². The summed E-state index contributed by atoms with van der Waals surface area (Å²) in [5, 5.41) is 10.6. The summed E-state index contributed by atoms with van der Waals surface area (Å²) >= 11 is 0. The van der Waals surface area contributed by atoms with Crippen LogP contribution in [0.5, 0.6) is 5.75 Å². The molecule has 25 heavy (non-hydrogen) atoms. The molecule has 3 rings (SSSR count). The SMILES string of the molecule is O=C(Oc1ccc([N+](=O)[O-])cc1)OC1CC(C(=O)N2CCCCC2)C1. The molecule has 1 aromatic carbocycles. The number of piperidine rings is 1. The van der Waals surface area contributed by atoms with Crippen LogP contribution >= 0.6 is 0 Å². The van der Waals surface area contributed by atoms with Crippen molar-refractivity contribution >= 4 is 17.7 Å². The van der Waals surface area contributed by atoms with Crippen molar-refractivity contribution in [2.45, 2.75) is 38.2 Å². The first-order valence-corrected chi connectivity index (χ1v) is 8.44. The first-order chi connectivity index (χ1) is 12.0. The first kappa shape index (κ1) is 17.2. The number of hydrogen-bond donors (Lipinski definition) is 0. The monoisotopic (exact) mass is 348 g/mol. The third kappa shape index (κ3) is 4.26.